The monoisotopic (exact) mass is 267 g/mol. The quantitative estimate of drug-likeness (QED) is 0.746. The van der Waals surface area contributed by atoms with E-state index >= 15 is 0 Å². The number of furan rings is 1. The summed E-state index contributed by atoms with van der Waals surface area (Å²) in [4.78, 5) is 14.0. The highest BCUT2D eigenvalue weighted by Crippen LogP contribution is 2.17. The number of hydrogen-bond acceptors (Lipinski definition) is 4. The lowest BCUT2D eigenvalue weighted by molar-refractivity contribution is -0.124. The van der Waals surface area contributed by atoms with E-state index in [0.29, 0.717) is 13.1 Å². The fourth-order valence-corrected chi connectivity index (χ4v) is 1.95. The molecule has 19 heavy (non-hydrogen) atoms. The van der Waals surface area contributed by atoms with Crippen LogP contribution >= 0.6 is 0 Å². The second kappa shape index (κ2) is 7.96. The maximum Gasteiger partial charge on any atom is 0.222 e. The fraction of sp³-hybridized carbons (Fsp3) is 0.643. The number of nitrogens with one attached hydrogen (secondary N) is 1. The molecule has 3 N–H and O–H groups in total. The van der Waals surface area contributed by atoms with Gasteiger partial charge in [0.25, 0.3) is 0 Å². The molecule has 0 aliphatic heterocycles. The van der Waals surface area contributed by atoms with Gasteiger partial charge in [0.15, 0.2) is 0 Å². The zero-order chi connectivity index (χ0) is 14.3. The van der Waals surface area contributed by atoms with Gasteiger partial charge in [-0.25, -0.2) is 0 Å². The van der Waals surface area contributed by atoms with Gasteiger partial charge in [0.2, 0.25) is 5.91 Å². The summed E-state index contributed by atoms with van der Waals surface area (Å²) < 4.78 is 5.41. The van der Waals surface area contributed by atoms with E-state index in [9.17, 15) is 4.79 Å². The Morgan fingerprint density at radius 3 is 2.79 bits per heavy atom. The molecular weight excluding hydrogens is 242 g/mol. The number of carbonyl (C=O) groups is 1. The summed E-state index contributed by atoms with van der Waals surface area (Å²) >= 11 is 0. The molecule has 1 heterocycles. The summed E-state index contributed by atoms with van der Waals surface area (Å²) in [6.45, 7) is 3.11. The smallest absolute Gasteiger partial charge is 0.222 e. The summed E-state index contributed by atoms with van der Waals surface area (Å²) in [6, 6.07) is 3.84. The van der Waals surface area contributed by atoms with Gasteiger partial charge in [-0.1, -0.05) is 6.92 Å². The van der Waals surface area contributed by atoms with E-state index in [2.05, 4.69) is 5.32 Å². The Morgan fingerprint density at radius 1 is 1.53 bits per heavy atom. The minimum Gasteiger partial charge on any atom is -0.468 e. The Morgan fingerprint density at radius 2 is 2.26 bits per heavy atom. The van der Waals surface area contributed by atoms with Crippen LogP contribution in [0, 0.1) is 5.92 Å². The van der Waals surface area contributed by atoms with Gasteiger partial charge in [0.05, 0.1) is 12.3 Å². The zero-order valence-corrected chi connectivity index (χ0v) is 12.1. The predicted molar refractivity (Wildman–Crippen MR) is 75.6 cm³/mol. The summed E-state index contributed by atoms with van der Waals surface area (Å²) in [5.74, 6) is 0.940. The molecule has 5 heteroatoms. The van der Waals surface area contributed by atoms with Crippen molar-refractivity contribution in [1.29, 1.82) is 0 Å². The van der Waals surface area contributed by atoms with Crippen LogP contribution in [0.25, 0.3) is 0 Å². The Bertz CT molecular complexity index is 363. The highest BCUT2D eigenvalue weighted by molar-refractivity contribution is 5.78. The average Bonchev–Trinajstić information content (AvgIpc) is 2.89. The van der Waals surface area contributed by atoms with Crippen molar-refractivity contribution in [2.75, 3.05) is 27.2 Å². The second-order valence-corrected chi connectivity index (χ2v) is 5.07. The van der Waals surface area contributed by atoms with Gasteiger partial charge in [-0.3, -0.25) is 9.69 Å². The number of carbonyl (C=O) groups excluding carboxylic acids is 1. The Hall–Kier alpha value is -1.33. The molecule has 0 spiro atoms. The van der Waals surface area contributed by atoms with Crippen molar-refractivity contribution in [2.24, 2.45) is 11.7 Å². The normalized spacial score (nSPS) is 14.4. The summed E-state index contributed by atoms with van der Waals surface area (Å²) in [5, 5.41) is 2.98. The molecule has 0 aliphatic rings. The van der Waals surface area contributed by atoms with Crippen LogP contribution < -0.4 is 11.1 Å². The largest absolute Gasteiger partial charge is 0.468 e. The van der Waals surface area contributed by atoms with Gasteiger partial charge in [-0.05, 0) is 45.6 Å². The van der Waals surface area contributed by atoms with Crippen molar-refractivity contribution >= 4 is 5.91 Å². The topological polar surface area (TPSA) is 71.5 Å². The highest BCUT2D eigenvalue weighted by atomic mass is 16.3. The first-order chi connectivity index (χ1) is 9.06. The lowest BCUT2D eigenvalue weighted by atomic mass is 10.0. The zero-order valence-electron chi connectivity index (χ0n) is 12.1. The van der Waals surface area contributed by atoms with Gasteiger partial charge in [-0.15, -0.1) is 0 Å². The van der Waals surface area contributed by atoms with Crippen molar-refractivity contribution < 1.29 is 9.21 Å². The standard InChI is InChI=1S/C14H25N3O2/c1-11(6-4-8-15)14(18)16-10-12(17(2)3)13-7-5-9-19-13/h5,7,9,11-12H,4,6,8,10,15H2,1-3H3,(H,16,18). The first kappa shape index (κ1) is 15.7. The fourth-order valence-electron chi connectivity index (χ4n) is 1.95. The van der Waals surface area contributed by atoms with Gasteiger partial charge in [-0.2, -0.15) is 0 Å². The molecule has 1 aromatic heterocycles. The Labute approximate surface area is 115 Å². The molecule has 0 bridgehead atoms. The van der Waals surface area contributed by atoms with E-state index in [1.165, 1.54) is 0 Å². The number of amides is 1. The third kappa shape index (κ3) is 5.04. The minimum atomic E-state index is 0.00274. The number of likely N-dealkylation sites (N-methyl/N-ethyl adjacent to an activating group) is 1. The Balaban J connectivity index is 2.46. The first-order valence-electron chi connectivity index (χ1n) is 6.73. The predicted octanol–water partition coefficient (Wildman–Crippen LogP) is 1.37. The number of nitrogens with two attached hydrogens (primary N) is 1. The van der Waals surface area contributed by atoms with Crippen LogP contribution in [0.15, 0.2) is 22.8 Å². The van der Waals surface area contributed by atoms with Crippen molar-refractivity contribution in [1.82, 2.24) is 10.2 Å². The molecule has 108 valence electrons. The maximum absolute atomic E-state index is 11.9. The second-order valence-electron chi connectivity index (χ2n) is 5.07. The van der Waals surface area contributed by atoms with Gasteiger partial charge < -0.3 is 15.5 Å². The van der Waals surface area contributed by atoms with Crippen molar-refractivity contribution in [3.05, 3.63) is 24.2 Å². The summed E-state index contributed by atoms with van der Waals surface area (Å²) in [5.41, 5.74) is 5.45. The van der Waals surface area contributed by atoms with Crippen LogP contribution in [-0.2, 0) is 4.79 Å². The van der Waals surface area contributed by atoms with Crippen molar-refractivity contribution in [2.45, 2.75) is 25.8 Å². The van der Waals surface area contributed by atoms with Crippen molar-refractivity contribution in [3.8, 4) is 0 Å². The molecule has 0 fully saturated rings. The van der Waals surface area contributed by atoms with E-state index < -0.39 is 0 Å². The molecule has 0 saturated carbocycles. The minimum absolute atomic E-state index is 0.00274. The Kier molecular flexibility index (Phi) is 6.59. The van der Waals surface area contributed by atoms with Crippen LogP contribution in [0.4, 0.5) is 0 Å². The van der Waals surface area contributed by atoms with E-state index in [-0.39, 0.29) is 17.9 Å². The number of hydrogen-bond donors (Lipinski definition) is 2. The van der Waals surface area contributed by atoms with E-state index in [1.54, 1.807) is 6.26 Å². The first-order valence-corrected chi connectivity index (χ1v) is 6.73. The van der Waals surface area contributed by atoms with E-state index in [0.717, 1.165) is 18.6 Å². The molecule has 0 aliphatic carbocycles. The number of rotatable bonds is 8. The molecule has 0 aromatic carbocycles. The van der Waals surface area contributed by atoms with Crippen LogP contribution in [0.5, 0.6) is 0 Å². The van der Waals surface area contributed by atoms with E-state index in [4.69, 9.17) is 10.2 Å². The lowest BCUT2D eigenvalue weighted by Gasteiger charge is -2.23. The molecule has 0 radical (unpaired) electrons. The average molecular weight is 267 g/mol. The lowest BCUT2D eigenvalue weighted by Crippen LogP contribution is -2.37. The van der Waals surface area contributed by atoms with Crippen LogP contribution in [0.1, 0.15) is 31.6 Å². The third-order valence-electron chi connectivity index (χ3n) is 3.25. The molecule has 2 atom stereocenters. The third-order valence-corrected chi connectivity index (χ3v) is 3.25. The molecule has 1 rings (SSSR count). The van der Waals surface area contributed by atoms with Crippen LogP contribution in [0.3, 0.4) is 0 Å². The molecule has 5 nitrogen and oxygen atoms in total. The highest BCUT2D eigenvalue weighted by Gasteiger charge is 2.19. The van der Waals surface area contributed by atoms with Crippen LogP contribution in [-0.4, -0.2) is 38.0 Å². The van der Waals surface area contributed by atoms with E-state index in [1.807, 2.05) is 38.1 Å². The van der Waals surface area contributed by atoms with Crippen molar-refractivity contribution in [3.63, 3.8) is 0 Å². The van der Waals surface area contributed by atoms with Gasteiger partial charge in [0, 0.05) is 12.5 Å². The molecule has 0 saturated heterocycles. The molecule has 1 amide bonds. The maximum atomic E-state index is 11.9. The molecule has 2 unspecified atom stereocenters. The summed E-state index contributed by atoms with van der Waals surface area (Å²) in [6.07, 6.45) is 3.36. The molecular formula is C14H25N3O2. The van der Waals surface area contributed by atoms with Gasteiger partial charge in [0.1, 0.15) is 5.76 Å². The number of nitrogens with zero attached hydrogens (tertiary/aromatic N) is 1. The molecule has 1 aromatic rings. The van der Waals surface area contributed by atoms with Crippen LogP contribution in [0.2, 0.25) is 0 Å². The SMILES string of the molecule is CC(CCCN)C(=O)NCC(c1ccco1)N(C)C. The van der Waals surface area contributed by atoms with Gasteiger partial charge >= 0.3 is 0 Å². The summed E-state index contributed by atoms with van der Waals surface area (Å²) in [7, 11) is 3.94.